The highest BCUT2D eigenvalue weighted by Crippen LogP contribution is 2.36. The predicted molar refractivity (Wildman–Crippen MR) is 139 cm³/mol. The topological polar surface area (TPSA) is 38.4 Å². The van der Waals surface area contributed by atoms with Gasteiger partial charge in [-0.15, -0.1) is 0 Å². The van der Waals surface area contributed by atoms with Crippen molar-refractivity contribution < 1.29 is 14.1 Å². The third-order valence-corrected chi connectivity index (χ3v) is 7.65. The van der Waals surface area contributed by atoms with Crippen molar-refractivity contribution in [2.24, 2.45) is 24.8 Å². The van der Waals surface area contributed by atoms with E-state index in [0.29, 0.717) is 17.8 Å². The van der Waals surface area contributed by atoms with E-state index in [1.54, 1.807) is 0 Å². The van der Waals surface area contributed by atoms with E-state index in [0.717, 1.165) is 41.0 Å². The van der Waals surface area contributed by atoms with Gasteiger partial charge in [-0.1, -0.05) is 39.3 Å². The van der Waals surface area contributed by atoms with Crippen LogP contribution in [0.3, 0.4) is 0 Å². The minimum Gasteiger partial charge on any atom is -0.459 e. The Morgan fingerprint density at radius 1 is 1.06 bits per heavy atom. The van der Waals surface area contributed by atoms with E-state index in [2.05, 4.69) is 78.3 Å². The molecule has 4 rings (SSSR count). The Morgan fingerprint density at radius 2 is 1.74 bits per heavy atom. The number of fused-ring (bicyclic) bond motifs is 1. The Hall–Kier alpha value is -2.82. The van der Waals surface area contributed by atoms with Crippen LogP contribution in [-0.2, 0) is 16.6 Å². The summed E-state index contributed by atoms with van der Waals surface area (Å²) in [4.78, 5) is 15.7. The zero-order valence-electron chi connectivity index (χ0n) is 21.8. The predicted octanol–water partition coefficient (Wildman–Crippen LogP) is 5.76. The highest BCUT2D eigenvalue weighted by Gasteiger charge is 2.37. The van der Waals surface area contributed by atoms with Gasteiger partial charge in [0.1, 0.15) is 6.10 Å². The Morgan fingerprint density at radius 3 is 2.38 bits per heavy atom. The lowest BCUT2D eigenvalue weighted by Crippen LogP contribution is -2.38. The van der Waals surface area contributed by atoms with Crippen LogP contribution in [0, 0.1) is 17.8 Å². The number of hydrogen-bond donors (Lipinski definition) is 0. The molecule has 0 spiro atoms. The second-order valence-electron chi connectivity index (χ2n) is 10.7. The number of carbonyl (C=O) groups is 1. The van der Waals surface area contributed by atoms with Gasteiger partial charge in [-0.2, -0.15) is 0 Å². The first-order chi connectivity index (χ1) is 16.2. The fourth-order valence-electron chi connectivity index (χ4n) is 5.58. The van der Waals surface area contributed by atoms with Crippen LogP contribution >= 0.6 is 0 Å². The van der Waals surface area contributed by atoms with E-state index in [1.165, 1.54) is 6.42 Å². The quantitative estimate of drug-likeness (QED) is 0.345. The molecular formula is C29H40N3O2+. The van der Waals surface area contributed by atoms with Crippen LogP contribution in [0.1, 0.15) is 53.0 Å². The number of rotatable bonds is 6. The highest BCUT2D eigenvalue weighted by atomic mass is 16.5. The van der Waals surface area contributed by atoms with Crippen LogP contribution in [0.25, 0.3) is 22.4 Å². The molecule has 1 saturated carbocycles. The molecule has 0 N–H and O–H groups in total. The lowest BCUT2D eigenvalue weighted by atomic mass is 9.75. The lowest BCUT2D eigenvalue weighted by Gasteiger charge is -2.37. The molecular weight excluding hydrogens is 422 g/mol. The Kier molecular flexibility index (Phi) is 7.01. The average Bonchev–Trinajstić information content (AvgIpc) is 3.11. The van der Waals surface area contributed by atoms with E-state index in [1.807, 2.05) is 33.2 Å². The largest absolute Gasteiger partial charge is 0.459 e. The molecule has 0 amide bonds. The molecule has 1 aliphatic carbocycles. The van der Waals surface area contributed by atoms with E-state index >= 15 is 0 Å². The van der Waals surface area contributed by atoms with E-state index < -0.39 is 6.04 Å². The third-order valence-electron chi connectivity index (χ3n) is 7.65. The Balaban J connectivity index is 1.73. The summed E-state index contributed by atoms with van der Waals surface area (Å²) in [5, 5.41) is 0. The number of anilines is 1. The van der Waals surface area contributed by atoms with Gasteiger partial charge in [0.2, 0.25) is 0 Å². The highest BCUT2D eigenvalue weighted by molar-refractivity contribution is 5.82. The molecule has 1 fully saturated rings. The molecule has 0 radical (unpaired) electrons. The number of benzene rings is 2. The summed E-state index contributed by atoms with van der Waals surface area (Å²) >= 11 is 0. The number of nitrogens with zero attached hydrogens (tertiary/aromatic N) is 3. The molecule has 2 aromatic carbocycles. The maximum absolute atomic E-state index is 13.6. The van der Waals surface area contributed by atoms with Crippen molar-refractivity contribution in [2.75, 3.05) is 19.0 Å². The van der Waals surface area contributed by atoms with Gasteiger partial charge in [0, 0.05) is 19.8 Å². The fourth-order valence-corrected chi connectivity index (χ4v) is 5.58. The van der Waals surface area contributed by atoms with Gasteiger partial charge < -0.3 is 9.64 Å². The molecule has 3 aromatic rings. The average molecular weight is 463 g/mol. The standard InChI is InChI=1S/C29H40N3O2/c1-19(2)24-17-12-20(3)18-27(24)34-29(33)21(4)32-26-11-9-8-10-25(26)31(7)28(32)22-13-15-23(16-14-22)30(5)6/h8-11,13-16,19-21,24,27H,12,17-18H2,1-7H3/q+1/t20-,21-,24?,27-/m1/s1. The van der Waals surface area contributed by atoms with E-state index in [9.17, 15) is 4.79 Å². The number of hydrogen-bond acceptors (Lipinski definition) is 3. The van der Waals surface area contributed by atoms with E-state index in [-0.39, 0.29) is 12.1 Å². The summed E-state index contributed by atoms with van der Waals surface area (Å²) in [7, 11) is 6.16. The fraction of sp³-hybridized carbons (Fsp3) is 0.517. The number of ether oxygens (including phenoxy) is 1. The van der Waals surface area contributed by atoms with Gasteiger partial charge >= 0.3 is 5.97 Å². The number of imidazole rings is 1. The number of aromatic nitrogens is 2. The van der Waals surface area contributed by atoms with Gasteiger partial charge in [0.05, 0.1) is 12.6 Å². The third kappa shape index (κ3) is 4.57. The van der Waals surface area contributed by atoms with Crippen LogP contribution in [0.15, 0.2) is 48.5 Å². The maximum atomic E-state index is 13.6. The van der Waals surface area contributed by atoms with Crippen molar-refractivity contribution in [3.63, 3.8) is 0 Å². The summed E-state index contributed by atoms with van der Waals surface area (Å²) in [5.74, 6) is 2.41. The molecule has 34 heavy (non-hydrogen) atoms. The van der Waals surface area contributed by atoms with E-state index in [4.69, 9.17) is 4.74 Å². The van der Waals surface area contributed by atoms with Crippen molar-refractivity contribution in [1.82, 2.24) is 4.57 Å². The van der Waals surface area contributed by atoms with Crippen LogP contribution in [-0.4, -0.2) is 30.7 Å². The summed E-state index contributed by atoms with van der Waals surface area (Å²) in [6.45, 7) is 8.75. The Bertz CT molecular complexity index is 1150. The second kappa shape index (κ2) is 9.81. The van der Waals surface area contributed by atoms with Crippen molar-refractivity contribution in [3.8, 4) is 11.4 Å². The summed E-state index contributed by atoms with van der Waals surface area (Å²) < 4.78 is 10.6. The zero-order valence-corrected chi connectivity index (χ0v) is 21.8. The normalized spacial score (nSPS) is 21.6. The van der Waals surface area contributed by atoms with Crippen molar-refractivity contribution >= 4 is 22.7 Å². The number of aryl methyl sites for hydroxylation is 1. The molecule has 5 heteroatoms. The van der Waals surface area contributed by atoms with Crippen LogP contribution in [0.4, 0.5) is 5.69 Å². The van der Waals surface area contributed by atoms with Crippen LogP contribution in [0.5, 0.6) is 0 Å². The summed E-state index contributed by atoms with van der Waals surface area (Å²) in [5.41, 5.74) is 4.36. The molecule has 1 heterocycles. The lowest BCUT2D eigenvalue weighted by molar-refractivity contribution is -0.634. The summed E-state index contributed by atoms with van der Waals surface area (Å²) in [6, 6.07) is 16.4. The number of carbonyl (C=O) groups excluding carboxylic acids is 1. The van der Waals surface area contributed by atoms with Gasteiger partial charge in [0.25, 0.3) is 5.82 Å². The number of esters is 1. The summed E-state index contributed by atoms with van der Waals surface area (Å²) in [6.07, 6.45) is 3.31. The SMILES string of the molecule is CC(C)C1CC[C@@H](C)C[C@H]1OC(=O)[C@@H](C)n1c(-c2ccc(N(C)C)cc2)[n+](C)c2ccccc21. The molecule has 1 aromatic heterocycles. The van der Waals surface area contributed by atoms with Gasteiger partial charge in [-0.05, 0) is 73.9 Å². The molecule has 1 unspecified atom stereocenters. The van der Waals surface area contributed by atoms with Gasteiger partial charge in [-0.3, -0.25) is 0 Å². The van der Waals surface area contributed by atoms with Crippen molar-refractivity contribution in [3.05, 3.63) is 48.5 Å². The monoisotopic (exact) mass is 462 g/mol. The maximum Gasteiger partial charge on any atom is 0.351 e. The molecule has 4 atom stereocenters. The molecule has 182 valence electrons. The first-order valence-corrected chi connectivity index (χ1v) is 12.7. The first kappa shape index (κ1) is 24.3. The molecule has 5 nitrogen and oxygen atoms in total. The minimum atomic E-state index is -0.431. The number of para-hydroxylation sites is 2. The minimum absolute atomic E-state index is 0.00268. The van der Waals surface area contributed by atoms with Crippen LogP contribution < -0.4 is 9.47 Å². The smallest absolute Gasteiger partial charge is 0.351 e. The zero-order chi connectivity index (χ0) is 24.6. The van der Waals surface area contributed by atoms with Gasteiger partial charge in [-0.25, -0.2) is 13.9 Å². The first-order valence-electron chi connectivity index (χ1n) is 12.7. The molecule has 0 aliphatic heterocycles. The Labute approximate surface area is 204 Å². The second-order valence-corrected chi connectivity index (χ2v) is 10.7. The van der Waals surface area contributed by atoms with Crippen molar-refractivity contribution in [1.29, 1.82) is 0 Å². The molecule has 0 bridgehead atoms. The molecule has 1 aliphatic rings. The van der Waals surface area contributed by atoms with Crippen LogP contribution in [0.2, 0.25) is 0 Å². The van der Waals surface area contributed by atoms with Gasteiger partial charge in [0.15, 0.2) is 17.1 Å². The van der Waals surface area contributed by atoms with Crippen molar-refractivity contribution in [2.45, 2.75) is 59.1 Å². The molecule has 0 saturated heterocycles.